The number of hydrogen-bond donors (Lipinski definition) is 1. The highest BCUT2D eigenvalue weighted by atomic mass is 19.1. The van der Waals surface area contributed by atoms with Crippen molar-refractivity contribution in [2.45, 2.75) is 13.2 Å². The van der Waals surface area contributed by atoms with E-state index in [-0.39, 0.29) is 24.9 Å². The maximum Gasteiger partial charge on any atom is 0.246 e. The molecule has 1 aromatic heterocycles. The summed E-state index contributed by atoms with van der Waals surface area (Å²) in [5.74, 6) is 0.726. The van der Waals surface area contributed by atoms with Crippen LogP contribution in [-0.2, 0) is 17.9 Å². The van der Waals surface area contributed by atoms with E-state index in [0.29, 0.717) is 30.6 Å². The number of benzene rings is 1. The Kier molecular flexibility index (Phi) is 4.29. The second-order valence-corrected chi connectivity index (χ2v) is 4.84. The smallest absolute Gasteiger partial charge is 0.246 e. The number of carbonyl (C=O) groups excluding carboxylic acids is 1. The summed E-state index contributed by atoms with van der Waals surface area (Å²) >= 11 is 0. The first-order valence-electron chi connectivity index (χ1n) is 6.89. The Morgan fingerprint density at radius 1 is 1.45 bits per heavy atom. The third-order valence-corrected chi connectivity index (χ3v) is 3.19. The fraction of sp³-hybridized carbons (Fsp3) is 0.357. The van der Waals surface area contributed by atoms with Crippen LogP contribution in [0.25, 0.3) is 0 Å². The molecule has 0 bridgehead atoms. The van der Waals surface area contributed by atoms with Crippen molar-refractivity contribution in [2.24, 2.45) is 0 Å². The van der Waals surface area contributed by atoms with Crippen LogP contribution in [0.5, 0.6) is 5.75 Å². The van der Waals surface area contributed by atoms with Gasteiger partial charge in [0, 0.05) is 19.2 Å². The lowest BCUT2D eigenvalue weighted by molar-refractivity contribution is -0.132. The Morgan fingerprint density at radius 2 is 2.36 bits per heavy atom. The van der Waals surface area contributed by atoms with E-state index < -0.39 is 0 Å². The molecule has 2 heterocycles. The van der Waals surface area contributed by atoms with Crippen LogP contribution in [-0.4, -0.2) is 40.6 Å². The normalized spacial score (nSPS) is 15.1. The van der Waals surface area contributed by atoms with Crippen molar-refractivity contribution >= 4 is 5.91 Å². The molecule has 2 aromatic rings. The zero-order chi connectivity index (χ0) is 15.4. The fourth-order valence-corrected chi connectivity index (χ4v) is 2.09. The Labute approximate surface area is 126 Å². The molecule has 0 saturated carbocycles. The second-order valence-electron chi connectivity index (χ2n) is 4.84. The molecular formula is C14H15FN4O3. The summed E-state index contributed by atoms with van der Waals surface area (Å²) in [4.78, 5) is 17.5. The molecule has 0 spiro atoms. The van der Waals surface area contributed by atoms with Crippen LogP contribution in [0.3, 0.4) is 0 Å². The summed E-state index contributed by atoms with van der Waals surface area (Å²) in [5, 5.41) is 6.78. The van der Waals surface area contributed by atoms with Gasteiger partial charge in [-0.2, -0.15) is 4.98 Å². The highest BCUT2D eigenvalue weighted by Crippen LogP contribution is 2.13. The number of halogens is 1. The Balaban J connectivity index is 1.55. The number of piperazine rings is 1. The minimum atomic E-state index is -0.372. The molecule has 1 aliphatic heterocycles. The van der Waals surface area contributed by atoms with Crippen LogP contribution in [0.1, 0.15) is 11.7 Å². The summed E-state index contributed by atoms with van der Waals surface area (Å²) < 4.78 is 23.5. The van der Waals surface area contributed by atoms with E-state index in [1.54, 1.807) is 17.0 Å². The number of carbonyl (C=O) groups is 1. The predicted octanol–water partition coefficient (Wildman–Crippen LogP) is 0.719. The van der Waals surface area contributed by atoms with Crippen molar-refractivity contribution in [3.8, 4) is 5.75 Å². The van der Waals surface area contributed by atoms with E-state index in [9.17, 15) is 9.18 Å². The standard InChI is InChI=1S/C14H15FN4O3/c15-10-2-1-3-11(6-10)21-9-12-17-13(22-18-12)8-19-5-4-16-7-14(19)20/h1-3,6,16H,4-5,7-9H2. The topological polar surface area (TPSA) is 80.5 Å². The van der Waals surface area contributed by atoms with Gasteiger partial charge in [0.1, 0.15) is 18.1 Å². The van der Waals surface area contributed by atoms with Gasteiger partial charge in [0.15, 0.2) is 6.61 Å². The molecule has 0 radical (unpaired) electrons. The van der Waals surface area contributed by atoms with Gasteiger partial charge in [-0.25, -0.2) is 4.39 Å². The lowest BCUT2D eigenvalue weighted by atomic mass is 10.3. The van der Waals surface area contributed by atoms with Crippen LogP contribution in [0, 0.1) is 5.82 Å². The second kappa shape index (κ2) is 6.52. The fourth-order valence-electron chi connectivity index (χ4n) is 2.09. The number of nitrogens with zero attached hydrogens (tertiary/aromatic N) is 3. The molecule has 3 rings (SSSR count). The van der Waals surface area contributed by atoms with E-state index in [2.05, 4.69) is 15.5 Å². The van der Waals surface area contributed by atoms with Gasteiger partial charge in [-0.1, -0.05) is 11.2 Å². The van der Waals surface area contributed by atoms with Gasteiger partial charge in [-0.15, -0.1) is 0 Å². The molecule has 1 aliphatic rings. The molecule has 7 nitrogen and oxygen atoms in total. The monoisotopic (exact) mass is 306 g/mol. The molecule has 1 N–H and O–H groups in total. The van der Waals surface area contributed by atoms with Gasteiger partial charge in [-0.3, -0.25) is 4.79 Å². The van der Waals surface area contributed by atoms with Gasteiger partial charge < -0.3 is 19.5 Å². The van der Waals surface area contributed by atoms with Crippen molar-refractivity contribution < 1.29 is 18.4 Å². The van der Waals surface area contributed by atoms with E-state index in [0.717, 1.165) is 6.54 Å². The van der Waals surface area contributed by atoms with E-state index in [1.165, 1.54) is 12.1 Å². The number of nitrogens with one attached hydrogen (secondary N) is 1. The minimum Gasteiger partial charge on any atom is -0.485 e. The molecule has 1 saturated heterocycles. The molecule has 1 aromatic carbocycles. The zero-order valence-electron chi connectivity index (χ0n) is 11.8. The van der Waals surface area contributed by atoms with Gasteiger partial charge in [0.2, 0.25) is 17.6 Å². The number of amides is 1. The van der Waals surface area contributed by atoms with Crippen molar-refractivity contribution in [3.05, 3.63) is 41.8 Å². The molecule has 22 heavy (non-hydrogen) atoms. The maximum absolute atomic E-state index is 13.0. The van der Waals surface area contributed by atoms with Crippen LogP contribution in [0.4, 0.5) is 4.39 Å². The highest BCUT2D eigenvalue weighted by molar-refractivity contribution is 5.78. The number of rotatable bonds is 5. The average Bonchev–Trinajstić information content (AvgIpc) is 2.95. The Morgan fingerprint density at radius 3 is 3.18 bits per heavy atom. The zero-order valence-corrected chi connectivity index (χ0v) is 11.8. The van der Waals surface area contributed by atoms with E-state index in [4.69, 9.17) is 9.26 Å². The van der Waals surface area contributed by atoms with Crippen molar-refractivity contribution in [1.29, 1.82) is 0 Å². The summed E-state index contributed by atoms with van der Waals surface area (Å²) in [7, 11) is 0. The lowest BCUT2D eigenvalue weighted by Crippen LogP contribution is -2.47. The van der Waals surface area contributed by atoms with Crippen LogP contribution < -0.4 is 10.1 Å². The summed E-state index contributed by atoms with van der Waals surface area (Å²) in [6.45, 7) is 2.03. The summed E-state index contributed by atoms with van der Waals surface area (Å²) in [5.41, 5.74) is 0. The molecule has 1 amide bonds. The van der Waals surface area contributed by atoms with Gasteiger partial charge in [0.05, 0.1) is 6.54 Å². The van der Waals surface area contributed by atoms with Crippen molar-refractivity contribution in [2.75, 3.05) is 19.6 Å². The predicted molar refractivity (Wildman–Crippen MR) is 73.3 cm³/mol. The molecule has 0 aliphatic carbocycles. The largest absolute Gasteiger partial charge is 0.485 e. The molecule has 0 atom stereocenters. The van der Waals surface area contributed by atoms with Gasteiger partial charge in [0.25, 0.3) is 0 Å². The summed E-state index contributed by atoms with van der Waals surface area (Å²) in [6.07, 6.45) is 0. The SMILES string of the molecule is O=C1CNCCN1Cc1nc(COc2cccc(F)c2)no1. The van der Waals surface area contributed by atoms with Crippen LogP contribution in [0.2, 0.25) is 0 Å². The third-order valence-electron chi connectivity index (χ3n) is 3.19. The quantitative estimate of drug-likeness (QED) is 0.877. The first-order chi connectivity index (χ1) is 10.7. The van der Waals surface area contributed by atoms with Crippen LogP contribution in [0.15, 0.2) is 28.8 Å². The number of aromatic nitrogens is 2. The lowest BCUT2D eigenvalue weighted by Gasteiger charge is -2.25. The van der Waals surface area contributed by atoms with Gasteiger partial charge >= 0.3 is 0 Å². The Hall–Kier alpha value is -2.48. The highest BCUT2D eigenvalue weighted by Gasteiger charge is 2.20. The maximum atomic E-state index is 13.0. The first kappa shape index (κ1) is 14.5. The van der Waals surface area contributed by atoms with E-state index >= 15 is 0 Å². The minimum absolute atomic E-state index is 0.00186. The van der Waals surface area contributed by atoms with Crippen LogP contribution >= 0.6 is 0 Å². The van der Waals surface area contributed by atoms with Crippen molar-refractivity contribution in [3.63, 3.8) is 0 Å². The van der Waals surface area contributed by atoms with E-state index in [1.807, 2.05) is 0 Å². The average molecular weight is 306 g/mol. The number of ether oxygens (including phenoxy) is 1. The molecule has 0 unspecified atom stereocenters. The molecular weight excluding hydrogens is 291 g/mol. The molecule has 116 valence electrons. The molecule has 1 fully saturated rings. The Bertz CT molecular complexity index is 661. The van der Waals surface area contributed by atoms with Crippen molar-refractivity contribution in [1.82, 2.24) is 20.4 Å². The number of hydrogen-bond acceptors (Lipinski definition) is 6. The molecule has 8 heteroatoms. The first-order valence-corrected chi connectivity index (χ1v) is 6.89. The van der Waals surface area contributed by atoms with Gasteiger partial charge in [-0.05, 0) is 12.1 Å². The summed E-state index contributed by atoms with van der Waals surface area (Å²) in [6, 6.07) is 5.82. The third kappa shape index (κ3) is 3.59.